The maximum absolute atomic E-state index is 11.9. The first-order chi connectivity index (χ1) is 7.47. The van der Waals surface area contributed by atoms with E-state index in [9.17, 15) is 9.59 Å². The van der Waals surface area contributed by atoms with Gasteiger partial charge in [-0.3, -0.25) is 4.79 Å². The highest BCUT2D eigenvalue weighted by Gasteiger charge is 2.34. The van der Waals surface area contributed by atoms with Gasteiger partial charge < -0.3 is 10.1 Å². The number of carbonyl (C=O) groups is 2. The molecule has 0 saturated carbocycles. The molecule has 4 nitrogen and oxygen atoms in total. The monoisotopic (exact) mass is 263 g/mol. The average Bonchev–Trinajstić information content (AvgIpc) is 2.20. The van der Waals surface area contributed by atoms with Gasteiger partial charge in [0.25, 0.3) is 0 Å². The molecule has 1 atom stereocenters. The van der Waals surface area contributed by atoms with Gasteiger partial charge in [0.2, 0.25) is 5.91 Å². The Morgan fingerprint density at radius 1 is 1.56 bits per heavy atom. The van der Waals surface area contributed by atoms with Gasteiger partial charge in [0.05, 0.1) is 12.0 Å². The quantitative estimate of drug-likeness (QED) is 0.604. The van der Waals surface area contributed by atoms with E-state index in [2.05, 4.69) is 5.32 Å². The van der Waals surface area contributed by atoms with Crippen LogP contribution in [-0.4, -0.2) is 36.0 Å². The lowest BCUT2D eigenvalue weighted by Gasteiger charge is -2.28. The van der Waals surface area contributed by atoms with Gasteiger partial charge in [0.15, 0.2) is 0 Å². The Hall–Kier alpha value is -0.360. The summed E-state index contributed by atoms with van der Waals surface area (Å²) in [7, 11) is 3.22. The smallest absolute Gasteiger partial charge is 0.329 e. The summed E-state index contributed by atoms with van der Waals surface area (Å²) in [5.74, 6) is 0.879. The summed E-state index contributed by atoms with van der Waals surface area (Å²) in [5.41, 5.74) is -0.442. The van der Waals surface area contributed by atoms with Crippen molar-refractivity contribution < 1.29 is 14.3 Å². The minimum Gasteiger partial charge on any atom is -0.464 e. The molecule has 1 saturated heterocycles. The first-order valence-corrected chi connectivity index (χ1v) is 7.68. The molecule has 0 aromatic rings. The van der Waals surface area contributed by atoms with Gasteiger partial charge in [-0.1, -0.05) is 35.4 Å². The Morgan fingerprint density at radius 2 is 2.25 bits per heavy atom. The highest BCUT2D eigenvalue weighted by molar-refractivity contribution is 8.76. The zero-order valence-corrected chi connectivity index (χ0v) is 11.4. The van der Waals surface area contributed by atoms with Crippen LogP contribution in [-0.2, 0) is 14.3 Å². The molecule has 0 bridgehead atoms. The molecule has 1 heterocycles. The fourth-order valence-electron chi connectivity index (χ4n) is 1.14. The highest BCUT2D eigenvalue weighted by Crippen LogP contribution is 2.33. The molecule has 1 unspecified atom stereocenters. The molecule has 0 aliphatic carbocycles. The van der Waals surface area contributed by atoms with E-state index in [-0.39, 0.29) is 11.9 Å². The van der Waals surface area contributed by atoms with Crippen LogP contribution in [0.5, 0.6) is 0 Å². The molecule has 1 aliphatic rings. The Balaban J connectivity index is 2.66. The van der Waals surface area contributed by atoms with Gasteiger partial charge in [-0.15, -0.1) is 0 Å². The normalized spacial score (nSPS) is 25.2. The molecule has 1 fully saturated rings. The molecule has 6 heteroatoms. The second-order valence-corrected chi connectivity index (χ2v) is 6.72. The van der Waals surface area contributed by atoms with Crippen molar-refractivity contribution in [2.45, 2.75) is 26.8 Å². The molecular formula is C10H17NO3S2. The summed E-state index contributed by atoms with van der Waals surface area (Å²) in [6.07, 6.45) is 0. The Morgan fingerprint density at radius 3 is 2.88 bits per heavy atom. The zero-order chi connectivity index (χ0) is 12.2. The lowest BCUT2D eigenvalue weighted by molar-refractivity contribution is -0.147. The third kappa shape index (κ3) is 3.59. The van der Waals surface area contributed by atoms with Gasteiger partial charge in [0.1, 0.15) is 6.04 Å². The molecule has 16 heavy (non-hydrogen) atoms. The van der Waals surface area contributed by atoms with Crippen molar-refractivity contribution in [1.29, 1.82) is 0 Å². The summed E-state index contributed by atoms with van der Waals surface area (Å²) in [6, 6.07) is -0.524. The SMILES string of the molecule is CCOC(=O)C1CSSCC(C)(C)C(=O)N1. The van der Waals surface area contributed by atoms with Crippen molar-refractivity contribution in [1.82, 2.24) is 5.32 Å². The minimum atomic E-state index is -0.524. The van der Waals surface area contributed by atoms with Crippen LogP contribution in [0.3, 0.4) is 0 Å². The van der Waals surface area contributed by atoms with Crippen LogP contribution in [0, 0.1) is 5.41 Å². The minimum absolute atomic E-state index is 0.0849. The predicted molar refractivity (Wildman–Crippen MR) is 67.3 cm³/mol. The molecule has 1 amide bonds. The fraction of sp³-hybridized carbons (Fsp3) is 0.800. The molecule has 92 valence electrons. The van der Waals surface area contributed by atoms with Crippen LogP contribution < -0.4 is 5.32 Å². The van der Waals surface area contributed by atoms with E-state index >= 15 is 0 Å². The topological polar surface area (TPSA) is 55.4 Å². The van der Waals surface area contributed by atoms with Gasteiger partial charge in [-0.25, -0.2) is 4.79 Å². The average molecular weight is 263 g/mol. The first-order valence-electron chi connectivity index (χ1n) is 5.19. The van der Waals surface area contributed by atoms with E-state index in [1.807, 2.05) is 13.8 Å². The van der Waals surface area contributed by atoms with Crippen LogP contribution in [0.4, 0.5) is 0 Å². The number of hydrogen-bond donors (Lipinski definition) is 1. The second kappa shape index (κ2) is 5.82. The van der Waals surface area contributed by atoms with Crippen molar-refractivity contribution in [3.63, 3.8) is 0 Å². The Labute approximate surface area is 104 Å². The van der Waals surface area contributed by atoms with Gasteiger partial charge in [-0.05, 0) is 6.92 Å². The van der Waals surface area contributed by atoms with Crippen LogP contribution in [0.15, 0.2) is 0 Å². The maximum atomic E-state index is 11.9. The Bertz CT molecular complexity index is 281. The third-order valence-electron chi connectivity index (χ3n) is 2.23. The van der Waals surface area contributed by atoms with Crippen LogP contribution in [0.1, 0.15) is 20.8 Å². The Kier molecular flexibility index (Phi) is 4.98. The largest absolute Gasteiger partial charge is 0.464 e. The molecule has 1 rings (SSSR count). The van der Waals surface area contributed by atoms with Crippen molar-refractivity contribution >= 4 is 33.5 Å². The summed E-state index contributed by atoms with van der Waals surface area (Å²) in [6.45, 7) is 5.85. The van der Waals surface area contributed by atoms with Crippen molar-refractivity contribution in [3.05, 3.63) is 0 Å². The summed E-state index contributed by atoms with van der Waals surface area (Å²) < 4.78 is 4.92. The number of esters is 1. The molecule has 0 aromatic carbocycles. The molecule has 0 aromatic heterocycles. The number of amides is 1. The molecular weight excluding hydrogens is 246 g/mol. The zero-order valence-electron chi connectivity index (χ0n) is 9.74. The second-order valence-electron chi connectivity index (χ2n) is 4.21. The van der Waals surface area contributed by atoms with E-state index in [0.717, 1.165) is 5.75 Å². The number of hydrogen-bond acceptors (Lipinski definition) is 5. The van der Waals surface area contributed by atoms with E-state index in [4.69, 9.17) is 4.74 Å². The molecule has 0 spiro atoms. The first kappa shape index (κ1) is 13.7. The number of ether oxygens (including phenoxy) is 1. The number of carbonyl (C=O) groups excluding carboxylic acids is 2. The number of rotatable bonds is 2. The van der Waals surface area contributed by atoms with E-state index < -0.39 is 11.5 Å². The molecule has 1 aliphatic heterocycles. The summed E-state index contributed by atoms with van der Waals surface area (Å²) >= 11 is 0. The van der Waals surface area contributed by atoms with Crippen molar-refractivity contribution in [2.75, 3.05) is 18.1 Å². The molecule has 0 radical (unpaired) electrons. The summed E-state index contributed by atoms with van der Waals surface area (Å²) in [5, 5.41) is 2.75. The summed E-state index contributed by atoms with van der Waals surface area (Å²) in [4.78, 5) is 23.4. The van der Waals surface area contributed by atoms with Crippen LogP contribution in [0.25, 0.3) is 0 Å². The fourth-order valence-corrected chi connectivity index (χ4v) is 3.93. The lowest BCUT2D eigenvalue weighted by Crippen LogP contribution is -2.50. The van der Waals surface area contributed by atoms with E-state index in [0.29, 0.717) is 12.4 Å². The van der Waals surface area contributed by atoms with Crippen molar-refractivity contribution in [3.8, 4) is 0 Å². The van der Waals surface area contributed by atoms with Gasteiger partial charge in [0, 0.05) is 11.5 Å². The van der Waals surface area contributed by atoms with Crippen LogP contribution >= 0.6 is 21.6 Å². The number of nitrogens with one attached hydrogen (secondary N) is 1. The van der Waals surface area contributed by atoms with E-state index in [1.54, 1.807) is 28.5 Å². The third-order valence-corrected chi connectivity index (χ3v) is 4.97. The van der Waals surface area contributed by atoms with Gasteiger partial charge >= 0.3 is 5.97 Å². The maximum Gasteiger partial charge on any atom is 0.329 e. The highest BCUT2D eigenvalue weighted by atomic mass is 33.1. The van der Waals surface area contributed by atoms with Crippen molar-refractivity contribution in [2.24, 2.45) is 5.41 Å². The lowest BCUT2D eigenvalue weighted by atomic mass is 9.95. The molecule has 1 N–H and O–H groups in total. The van der Waals surface area contributed by atoms with E-state index in [1.165, 1.54) is 0 Å². The van der Waals surface area contributed by atoms with Crippen LogP contribution in [0.2, 0.25) is 0 Å². The van der Waals surface area contributed by atoms with Gasteiger partial charge in [-0.2, -0.15) is 0 Å². The predicted octanol–water partition coefficient (Wildman–Crippen LogP) is 1.46. The standard InChI is InChI=1S/C10H17NO3S2/c1-4-14-8(12)7-5-15-16-6-10(2,3)9(13)11-7/h7H,4-6H2,1-3H3,(H,11,13).